The van der Waals surface area contributed by atoms with Crippen LogP contribution in [0.5, 0.6) is 0 Å². The summed E-state index contributed by atoms with van der Waals surface area (Å²) in [5, 5.41) is 5.77. The molecule has 0 unspecified atom stereocenters. The van der Waals surface area contributed by atoms with E-state index in [9.17, 15) is 4.79 Å². The minimum absolute atomic E-state index is 0.257. The summed E-state index contributed by atoms with van der Waals surface area (Å²) in [7, 11) is 0. The van der Waals surface area contributed by atoms with Crippen LogP contribution in [-0.4, -0.2) is 25.7 Å². The van der Waals surface area contributed by atoms with Crippen LogP contribution in [-0.2, 0) is 0 Å². The maximum Gasteiger partial charge on any atom is 0.269 e. The molecule has 1 amide bonds. The summed E-state index contributed by atoms with van der Waals surface area (Å²) >= 11 is 6.05. The minimum Gasteiger partial charge on any atom is -0.281 e. The van der Waals surface area contributed by atoms with E-state index in [0.717, 1.165) is 16.8 Å². The van der Waals surface area contributed by atoms with Gasteiger partial charge in [-0.3, -0.25) is 15.6 Å². The number of hydrogen-bond donors (Lipinski definition) is 2. The number of rotatable bonds is 4. The van der Waals surface area contributed by atoms with Crippen LogP contribution in [0.2, 0.25) is 5.02 Å². The Labute approximate surface area is 166 Å². The summed E-state index contributed by atoms with van der Waals surface area (Å²) in [5.74, 6) is 0.205. The molecule has 0 aliphatic heterocycles. The summed E-state index contributed by atoms with van der Waals surface area (Å²) < 4.78 is 1.72. The maximum absolute atomic E-state index is 12.3. The summed E-state index contributed by atoms with van der Waals surface area (Å²) in [6.07, 6.45) is 3.08. The fourth-order valence-electron chi connectivity index (χ4n) is 2.87. The summed E-state index contributed by atoms with van der Waals surface area (Å²) in [4.78, 5) is 20.9. The average Bonchev–Trinajstić information content (AvgIpc) is 3.11. The molecule has 0 atom stereocenters. The highest BCUT2D eigenvalue weighted by molar-refractivity contribution is 6.30. The third kappa shape index (κ3) is 3.39. The lowest BCUT2D eigenvalue weighted by Gasteiger charge is -2.10. The number of hydrogen-bond acceptors (Lipinski definition) is 5. The van der Waals surface area contributed by atoms with Gasteiger partial charge in [-0.05, 0) is 49.7 Å². The van der Waals surface area contributed by atoms with Crippen molar-refractivity contribution in [3.63, 3.8) is 0 Å². The van der Waals surface area contributed by atoms with Gasteiger partial charge < -0.3 is 0 Å². The molecule has 0 fully saturated rings. The van der Waals surface area contributed by atoms with Gasteiger partial charge >= 0.3 is 0 Å². The van der Waals surface area contributed by atoms with Gasteiger partial charge in [0, 0.05) is 10.6 Å². The molecule has 2 aromatic heterocycles. The molecule has 2 aromatic carbocycles. The van der Waals surface area contributed by atoms with Crippen molar-refractivity contribution in [2.45, 2.75) is 13.8 Å². The smallest absolute Gasteiger partial charge is 0.269 e. The summed E-state index contributed by atoms with van der Waals surface area (Å²) in [6, 6.07) is 12.9. The zero-order valence-corrected chi connectivity index (χ0v) is 16.0. The van der Waals surface area contributed by atoms with Crippen molar-refractivity contribution in [3.05, 3.63) is 76.7 Å². The predicted octanol–water partition coefficient (Wildman–Crippen LogP) is 3.84. The summed E-state index contributed by atoms with van der Waals surface area (Å²) in [6.45, 7) is 3.93. The lowest BCUT2D eigenvalue weighted by molar-refractivity contribution is 0.0962. The Morgan fingerprint density at radius 3 is 2.61 bits per heavy atom. The Morgan fingerprint density at radius 1 is 1.07 bits per heavy atom. The fraction of sp³-hybridized carbons (Fsp3) is 0.100. The Bertz CT molecular complexity index is 1170. The molecule has 0 bridgehead atoms. The number of aryl methyl sites for hydroxylation is 2. The number of carbonyl (C=O) groups is 1. The van der Waals surface area contributed by atoms with Gasteiger partial charge in [0.05, 0.1) is 17.3 Å². The van der Waals surface area contributed by atoms with Gasteiger partial charge in [0.1, 0.15) is 6.33 Å². The monoisotopic (exact) mass is 392 g/mol. The van der Waals surface area contributed by atoms with Gasteiger partial charge in [-0.2, -0.15) is 5.10 Å². The number of carbonyl (C=O) groups excluding carboxylic acids is 1. The van der Waals surface area contributed by atoms with Crippen molar-refractivity contribution in [3.8, 4) is 5.69 Å². The molecule has 0 saturated heterocycles. The first-order chi connectivity index (χ1) is 13.5. The third-order valence-electron chi connectivity index (χ3n) is 4.36. The van der Waals surface area contributed by atoms with Crippen LogP contribution in [0, 0.1) is 13.8 Å². The number of amides is 1. The lowest BCUT2D eigenvalue weighted by Crippen LogP contribution is -2.29. The van der Waals surface area contributed by atoms with Crippen molar-refractivity contribution in [1.29, 1.82) is 0 Å². The van der Waals surface area contributed by atoms with Gasteiger partial charge in [-0.1, -0.05) is 29.3 Å². The number of benzene rings is 2. The normalized spacial score (nSPS) is 10.8. The molecular formula is C20H17ClN6O. The van der Waals surface area contributed by atoms with Gasteiger partial charge in [0.15, 0.2) is 11.5 Å². The third-order valence-corrected chi connectivity index (χ3v) is 4.60. The molecule has 7 nitrogen and oxygen atoms in total. The molecule has 2 N–H and O–H groups in total. The molecule has 0 saturated carbocycles. The second-order valence-electron chi connectivity index (χ2n) is 6.39. The largest absolute Gasteiger partial charge is 0.281 e. The molecule has 28 heavy (non-hydrogen) atoms. The standard InChI is InChI=1S/C20H17ClN6O/c1-12-3-5-14(6-4-12)20(28)26-25-18-16-10-24-27(19(16)23-11-22-18)17-8-7-15(21)9-13(17)2/h3-11H,1-2H3,(H,26,28)(H,22,23,25). The molecule has 0 radical (unpaired) electrons. The Hall–Kier alpha value is -3.45. The van der Waals surface area contributed by atoms with Gasteiger partial charge in [0.25, 0.3) is 5.91 Å². The second-order valence-corrected chi connectivity index (χ2v) is 6.83. The van der Waals surface area contributed by atoms with Crippen molar-refractivity contribution >= 4 is 34.4 Å². The number of nitrogens with one attached hydrogen (secondary N) is 2. The van der Waals surface area contributed by atoms with E-state index in [4.69, 9.17) is 11.6 Å². The van der Waals surface area contributed by atoms with Crippen LogP contribution < -0.4 is 10.9 Å². The van der Waals surface area contributed by atoms with E-state index in [1.807, 2.05) is 38.1 Å². The topological polar surface area (TPSA) is 84.7 Å². The van der Waals surface area contributed by atoms with Crippen LogP contribution >= 0.6 is 11.6 Å². The van der Waals surface area contributed by atoms with Crippen molar-refractivity contribution in [2.24, 2.45) is 0 Å². The lowest BCUT2D eigenvalue weighted by atomic mass is 10.1. The van der Waals surface area contributed by atoms with Crippen LogP contribution in [0.1, 0.15) is 21.5 Å². The molecular weight excluding hydrogens is 376 g/mol. The average molecular weight is 393 g/mol. The van der Waals surface area contributed by atoms with Gasteiger partial charge in [0.2, 0.25) is 0 Å². The van der Waals surface area contributed by atoms with E-state index in [1.165, 1.54) is 6.33 Å². The molecule has 4 aromatic rings. The van der Waals surface area contributed by atoms with Gasteiger partial charge in [-0.15, -0.1) is 0 Å². The molecule has 0 spiro atoms. The number of nitrogens with zero attached hydrogens (tertiary/aromatic N) is 4. The molecule has 2 heterocycles. The first-order valence-corrected chi connectivity index (χ1v) is 8.99. The van der Waals surface area contributed by atoms with Crippen molar-refractivity contribution < 1.29 is 4.79 Å². The first kappa shape index (κ1) is 17.9. The zero-order valence-electron chi connectivity index (χ0n) is 15.3. The molecule has 4 rings (SSSR count). The van der Waals surface area contributed by atoms with Crippen LogP contribution in [0.25, 0.3) is 16.7 Å². The number of halogens is 1. The van der Waals surface area contributed by atoms with Gasteiger partial charge in [-0.25, -0.2) is 14.6 Å². The number of hydrazine groups is 1. The number of fused-ring (bicyclic) bond motifs is 1. The van der Waals surface area contributed by atoms with Crippen molar-refractivity contribution in [2.75, 3.05) is 5.43 Å². The number of aromatic nitrogens is 4. The molecule has 140 valence electrons. The molecule has 0 aliphatic rings. The second kappa shape index (κ2) is 7.28. The van der Waals surface area contributed by atoms with Crippen molar-refractivity contribution in [1.82, 2.24) is 25.2 Å². The Morgan fingerprint density at radius 2 is 1.86 bits per heavy atom. The fourth-order valence-corrected chi connectivity index (χ4v) is 3.10. The summed E-state index contributed by atoms with van der Waals surface area (Å²) in [5.41, 5.74) is 9.62. The zero-order chi connectivity index (χ0) is 19.7. The quantitative estimate of drug-likeness (QED) is 0.515. The highest BCUT2D eigenvalue weighted by Crippen LogP contribution is 2.24. The highest BCUT2D eigenvalue weighted by Gasteiger charge is 2.13. The Balaban J connectivity index is 1.61. The van der Waals surface area contributed by atoms with E-state index in [1.54, 1.807) is 29.1 Å². The van der Waals surface area contributed by atoms with E-state index >= 15 is 0 Å². The first-order valence-electron chi connectivity index (χ1n) is 8.61. The van der Waals surface area contributed by atoms with E-state index in [0.29, 0.717) is 27.4 Å². The SMILES string of the molecule is Cc1ccc(C(=O)NNc2ncnc3c2cnn3-c2ccc(Cl)cc2C)cc1. The number of anilines is 1. The molecule has 0 aliphatic carbocycles. The Kier molecular flexibility index (Phi) is 4.67. The molecule has 8 heteroatoms. The highest BCUT2D eigenvalue weighted by atomic mass is 35.5. The van der Waals surface area contributed by atoms with E-state index < -0.39 is 0 Å². The van der Waals surface area contributed by atoms with Crippen LogP contribution in [0.15, 0.2) is 55.0 Å². The van der Waals surface area contributed by atoms with Crippen LogP contribution in [0.4, 0.5) is 5.82 Å². The van der Waals surface area contributed by atoms with Crippen LogP contribution in [0.3, 0.4) is 0 Å². The van der Waals surface area contributed by atoms with E-state index in [2.05, 4.69) is 25.9 Å². The minimum atomic E-state index is -0.257. The van der Waals surface area contributed by atoms with E-state index in [-0.39, 0.29) is 5.91 Å². The predicted molar refractivity (Wildman–Crippen MR) is 109 cm³/mol. The maximum atomic E-state index is 12.3.